The van der Waals surface area contributed by atoms with Crippen LogP contribution in [0.5, 0.6) is 0 Å². The van der Waals surface area contributed by atoms with E-state index in [0.717, 1.165) is 70.5 Å². The van der Waals surface area contributed by atoms with Crippen molar-refractivity contribution in [2.24, 2.45) is 5.41 Å². The van der Waals surface area contributed by atoms with E-state index in [0.29, 0.717) is 11.9 Å². The molecule has 30 heavy (non-hydrogen) atoms. The number of hydrogen-bond acceptors (Lipinski definition) is 3. The quantitative estimate of drug-likeness (QED) is 0.766. The second kappa shape index (κ2) is 8.03. The van der Waals surface area contributed by atoms with E-state index in [2.05, 4.69) is 32.5 Å². The highest BCUT2D eigenvalue weighted by Crippen LogP contribution is 2.45. The second-order valence-electron chi connectivity index (χ2n) is 10.0. The number of aromatic nitrogens is 1. The molecule has 2 atom stereocenters. The Balaban J connectivity index is 1.45. The zero-order chi connectivity index (χ0) is 20.7. The number of piperidine rings is 2. The molecule has 3 saturated heterocycles. The van der Waals surface area contributed by atoms with Gasteiger partial charge in [0.2, 0.25) is 5.91 Å². The molecule has 0 radical (unpaired) electrons. The van der Waals surface area contributed by atoms with Crippen LogP contribution in [0.2, 0.25) is 0 Å². The van der Waals surface area contributed by atoms with Gasteiger partial charge in [0, 0.05) is 38.4 Å². The first-order valence-corrected chi connectivity index (χ1v) is 12.1. The Bertz CT molecular complexity index is 793. The lowest BCUT2D eigenvalue weighted by Crippen LogP contribution is -2.66. The van der Waals surface area contributed by atoms with Gasteiger partial charge >= 0.3 is 0 Å². The average Bonchev–Trinajstić information content (AvgIpc) is 3.55. The first-order valence-electron chi connectivity index (χ1n) is 12.1. The Kier molecular flexibility index (Phi) is 5.38. The predicted octanol–water partition coefficient (Wildman–Crippen LogP) is 3.15. The van der Waals surface area contributed by atoms with Crippen LogP contribution < -0.4 is 0 Å². The first-order chi connectivity index (χ1) is 14.6. The van der Waals surface area contributed by atoms with Crippen molar-refractivity contribution in [1.82, 2.24) is 19.3 Å². The maximum atomic E-state index is 14.0. The van der Waals surface area contributed by atoms with Crippen molar-refractivity contribution in [3.05, 3.63) is 24.0 Å². The number of fused-ring (bicyclic) bond motifs is 1. The Hall–Kier alpha value is -1.82. The van der Waals surface area contributed by atoms with Crippen molar-refractivity contribution in [2.45, 2.75) is 69.9 Å². The third-order valence-electron chi connectivity index (χ3n) is 7.98. The van der Waals surface area contributed by atoms with Gasteiger partial charge in [-0.2, -0.15) is 0 Å². The fourth-order valence-corrected chi connectivity index (χ4v) is 6.11. The van der Waals surface area contributed by atoms with Crippen LogP contribution in [0.1, 0.15) is 74.3 Å². The molecule has 0 N–H and O–H groups in total. The minimum absolute atomic E-state index is 0.0178. The highest BCUT2D eigenvalue weighted by molar-refractivity contribution is 5.94. The summed E-state index contributed by atoms with van der Waals surface area (Å²) in [5, 5.41) is 0. The summed E-state index contributed by atoms with van der Waals surface area (Å²) >= 11 is 0. The summed E-state index contributed by atoms with van der Waals surface area (Å²) in [5.41, 5.74) is 0.408. The molecule has 3 aliphatic heterocycles. The number of carbonyl (C=O) groups excluding carboxylic acids is 2. The molecule has 0 spiro atoms. The lowest BCUT2D eigenvalue weighted by Gasteiger charge is -2.54. The molecule has 4 fully saturated rings. The molecule has 0 unspecified atom stereocenters. The smallest absolute Gasteiger partial charge is 0.270 e. The standard InChI is InChI=1S/C24H36N4O2/c1-25-17-12-24(23(30)26-13-4-2-3-5-14-26)11-7-16-28(21(24)18-25)22(29)20-8-6-15-27(20)19-9-10-19/h6,8,15,19,21H,2-5,7,9-14,16-18H2,1H3/t21-,24+/m0/s1. The van der Waals surface area contributed by atoms with E-state index in [1.807, 2.05) is 12.1 Å². The van der Waals surface area contributed by atoms with Crippen LogP contribution in [-0.4, -0.2) is 76.9 Å². The molecule has 1 aromatic heterocycles. The number of nitrogens with zero attached hydrogens (tertiary/aromatic N) is 4. The Labute approximate surface area is 180 Å². The molecule has 2 amide bonds. The van der Waals surface area contributed by atoms with Gasteiger partial charge in [-0.15, -0.1) is 0 Å². The van der Waals surface area contributed by atoms with E-state index in [1.165, 1.54) is 25.7 Å². The zero-order valence-corrected chi connectivity index (χ0v) is 18.4. The van der Waals surface area contributed by atoms with Gasteiger partial charge in [0.05, 0.1) is 11.5 Å². The molecule has 164 valence electrons. The summed E-state index contributed by atoms with van der Waals surface area (Å²) in [6.45, 7) is 4.29. The van der Waals surface area contributed by atoms with Crippen LogP contribution in [0.3, 0.4) is 0 Å². The Morgan fingerprint density at radius 2 is 1.73 bits per heavy atom. The maximum absolute atomic E-state index is 14.0. The van der Waals surface area contributed by atoms with Crippen LogP contribution in [0, 0.1) is 5.41 Å². The molecular formula is C24H36N4O2. The topological polar surface area (TPSA) is 48.8 Å². The molecule has 1 saturated carbocycles. The van der Waals surface area contributed by atoms with Gasteiger partial charge in [0.15, 0.2) is 0 Å². The van der Waals surface area contributed by atoms with Gasteiger partial charge in [0.25, 0.3) is 5.91 Å². The summed E-state index contributed by atoms with van der Waals surface area (Å²) in [7, 11) is 2.13. The Morgan fingerprint density at radius 1 is 0.967 bits per heavy atom. The van der Waals surface area contributed by atoms with Crippen molar-refractivity contribution in [1.29, 1.82) is 0 Å². The number of rotatable bonds is 3. The minimum Gasteiger partial charge on any atom is -0.342 e. The molecule has 6 heteroatoms. The normalized spacial score (nSPS) is 30.6. The van der Waals surface area contributed by atoms with Gasteiger partial charge in [-0.05, 0) is 70.7 Å². The van der Waals surface area contributed by atoms with Gasteiger partial charge < -0.3 is 19.3 Å². The van der Waals surface area contributed by atoms with Crippen LogP contribution in [0.4, 0.5) is 0 Å². The molecule has 4 heterocycles. The third kappa shape index (κ3) is 3.47. The van der Waals surface area contributed by atoms with Gasteiger partial charge in [-0.25, -0.2) is 0 Å². The summed E-state index contributed by atoms with van der Waals surface area (Å²) in [5.74, 6) is 0.456. The van der Waals surface area contributed by atoms with Gasteiger partial charge in [-0.1, -0.05) is 12.8 Å². The van der Waals surface area contributed by atoms with E-state index >= 15 is 0 Å². The van der Waals surface area contributed by atoms with E-state index in [9.17, 15) is 9.59 Å². The van der Waals surface area contributed by atoms with Gasteiger partial charge in [-0.3, -0.25) is 9.59 Å². The largest absolute Gasteiger partial charge is 0.342 e. The minimum atomic E-state index is -0.401. The molecule has 6 nitrogen and oxygen atoms in total. The van der Waals surface area contributed by atoms with E-state index in [1.54, 1.807) is 0 Å². The summed E-state index contributed by atoms with van der Waals surface area (Å²) in [4.78, 5) is 34.2. The van der Waals surface area contributed by atoms with Crippen LogP contribution in [0.25, 0.3) is 0 Å². The SMILES string of the molecule is CN1CC[C@]2(C(=O)N3CCCCCC3)CCCN(C(=O)c3cccn3C3CC3)[C@H]2C1. The number of carbonyl (C=O) groups is 2. The number of likely N-dealkylation sites (N-methyl/N-ethyl adjacent to an activating group) is 1. The number of hydrogen-bond donors (Lipinski definition) is 0. The molecule has 5 rings (SSSR count). The van der Waals surface area contributed by atoms with Crippen molar-refractivity contribution < 1.29 is 9.59 Å². The zero-order valence-electron chi connectivity index (χ0n) is 18.4. The average molecular weight is 413 g/mol. The first kappa shape index (κ1) is 20.1. The molecule has 1 aromatic rings. The van der Waals surface area contributed by atoms with Crippen molar-refractivity contribution in [3.8, 4) is 0 Å². The van der Waals surface area contributed by atoms with Crippen molar-refractivity contribution in [2.75, 3.05) is 39.8 Å². The molecule has 1 aliphatic carbocycles. The summed E-state index contributed by atoms with van der Waals surface area (Å²) in [6, 6.07) is 4.44. The van der Waals surface area contributed by atoms with Crippen molar-refractivity contribution >= 4 is 11.8 Å². The summed E-state index contributed by atoms with van der Waals surface area (Å²) in [6.07, 6.45) is 11.8. The highest BCUT2D eigenvalue weighted by Gasteiger charge is 2.55. The molecular weight excluding hydrogens is 376 g/mol. The van der Waals surface area contributed by atoms with Gasteiger partial charge in [0.1, 0.15) is 5.69 Å². The molecule has 0 bridgehead atoms. The monoisotopic (exact) mass is 412 g/mol. The number of amides is 2. The summed E-state index contributed by atoms with van der Waals surface area (Å²) < 4.78 is 2.17. The van der Waals surface area contributed by atoms with Crippen LogP contribution in [0.15, 0.2) is 18.3 Å². The second-order valence-corrected chi connectivity index (χ2v) is 10.0. The van der Waals surface area contributed by atoms with Crippen molar-refractivity contribution in [3.63, 3.8) is 0 Å². The maximum Gasteiger partial charge on any atom is 0.270 e. The predicted molar refractivity (Wildman–Crippen MR) is 116 cm³/mol. The molecule has 0 aromatic carbocycles. The van der Waals surface area contributed by atoms with Crippen LogP contribution in [-0.2, 0) is 4.79 Å². The lowest BCUT2D eigenvalue weighted by atomic mass is 9.67. The number of likely N-dealkylation sites (tertiary alicyclic amines) is 3. The Morgan fingerprint density at radius 3 is 2.47 bits per heavy atom. The lowest BCUT2D eigenvalue weighted by molar-refractivity contribution is -0.153. The van der Waals surface area contributed by atoms with E-state index in [4.69, 9.17) is 0 Å². The van der Waals surface area contributed by atoms with Crippen LogP contribution >= 0.6 is 0 Å². The fraction of sp³-hybridized carbons (Fsp3) is 0.750. The van der Waals surface area contributed by atoms with E-state index < -0.39 is 5.41 Å². The third-order valence-corrected chi connectivity index (χ3v) is 7.98. The highest BCUT2D eigenvalue weighted by atomic mass is 16.2. The van der Waals surface area contributed by atoms with E-state index in [-0.39, 0.29) is 11.9 Å². The fourth-order valence-electron chi connectivity index (χ4n) is 6.11. The molecule has 4 aliphatic rings.